The van der Waals surface area contributed by atoms with Crippen LogP contribution in [0.1, 0.15) is 6.92 Å². The summed E-state index contributed by atoms with van der Waals surface area (Å²) >= 11 is 0. The third-order valence-corrected chi connectivity index (χ3v) is 6.78. The van der Waals surface area contributed by atoms with Crippen molar-refractivity contribution in [2.75, 3.05) is 6.61 Å². The summed E-state index contributed by atoms with van der Waals surface area (Å²) in [5, 5.41) is 80.5. The molecule has 8 N–H and O–H groups in total. The molecule has 2 aromatic carbocycles. The van der Waals surface area contributed by atoms with E-state index in [2.05, 4.69) is 0 Å². The highest BCUT2D eigenvalue weighted by molar-refractivity contribution is 5.88. The van der Waals surface area contributed by atoms with Crippen LogP contribution in [0.15, 0.2) is 45.6 Å². The Hall–Kier alpha value is -3.47. The fourth-order valence-corrected chi connectivity index (χ4v) is 4.48. The van der Waals surface area contributed by atoms with Crippen LogP contribution >= 0.6 is 0 Å². The molecule has 0 aliphatic carbocycles. The molecule has 0 unspecified atom stereocenters. The predicted molar refractivity (Wildman–Crippen MR) is 133 cm³/mol. The summed E-state index contributed by atoms with van der Waals surface area (Å²) in [4.78, 5) is 13.6. The molecule has 2 fully saturated rings. The first-order valence-corrected chi connectivity index (χ1v) is 12.3. The molecule has 3 aromatic rings. The average Bonchev–Trinajstić information content (AvgIpc) is 2.92. The van der Waals surface area contributed by atoms with Crippen LogP contribution in [-0.4, -0.2) is 103 Å². The number of aromatic hydroxyl groups is 2. The standard InChI is InChI=1S/C26H28O14/c1-9-17(30)20(33)22(35)26(37-9)38-12-6-13(28)16-15(7-12)39-23(10-2-4-11(27)5-3-10)24(19(16)32)40-25-21(34)18(31)14(29)8-36-25/h2-7,9,14,17-18,20-22,25-31,33-35H,8H2,1H3/t9-,14+,17-,18+,20+,21-,22+,25-,26-/m0/s1. The fraction of sp³-hybridized carbons (Fsp3) is 0.423. The van der Waals surface area contributed by atoms with Crippen LogP contribution in [0.3, 0.4) is 0 Å². The van der Waals surface area contributed by atoms with E-state index in [0.29, 0.717) is 0 Å². The van der Waals surface area contributed by atoms with E-state index in [1.54, 1.807) is 0 Å². The second kappa shape index (κ2) is 10.8. The molecule has 2 aliphatic heterocycles. The second-order valence-electron chi connectivity index (χ2n) is 9.62. The van der Waals surface area contributed by atoms with Crippen LogP contribution in [0.4, 0.5) is 0 Å². The Bertz CT molecular complexity index is 1420. The molecule has 14 heteroatoms. The van der Waals surface area contributed by atoms with Crippen LogP contribution in [0.25, 0.3) is 22.3 Å². The van der Waals surface area contributed by atoms with Crippen LogP contribution < -0.4 is 14.9 Å². The van der Waals surface area contributed by atoms with Gasteiger partial charge >= 0.3 is 0 Å². The van der Waals surface area contributed by atoms with Crippen molar-refractivity contribution in [2.24, 2.45) is 0 Å². The zero-order valence-electron chi connectivity index (χ0n) is 20.9. The molecule has 3 heterocycles. The van der Waals surface area contributed by atoms with Crippen molar-refractivity contribution in [3.05, 3.63) is 46.6 Å². The van der Waals surface area contributed by atoms with Crippen molar-refractivity contribution >= 4 is 11.0 Å². The quantitative estimate of drug-likeness (QED) is 0.184. The lowest BCUT2D eigenvalue weighted by Gasteiger charge is -2.38. The average molecular weight is 564 g/mol. The van der Waals surface area contributed by atoms with Crippen molar-refractivity contribution in [1.29, 1.82) is 0 Å². The van der Waals surface area contributed by atoms with Crippen molar-refractivity contribution in [3.8, 4) is 34.3 Å². The molecule has 14 nitrogen and oxygen atoms in total. The zero-order valence-corrected chi connectivity index (χ0v) is 20.9. The maximum Gasteiger partial charge on any atom is 0.239 e. The van der Waals surface area contributed by atoms with Gasteiger partial charge in [-0.05, 0) is 31.2 Å². The molecular weight excluding hydrogens is 536 g/mol. The largest absolute Gasteiger partial charge is 0.508 e. The summed E-state index contributed by atoms with van der Waals surface area (Å²) in [5.74, 6) is -1.54. The first-order valence-electron chi connectivity index (χ1n) is 12.3. The minimum Gasteiger partial charge on any atom is -0.508 e. The number of ether oxygens (including phenoxy) is 4. The van der Waals surface area contributed by atoms with E-state index in [9.17, 15) is 45.6 Å². The van der Waals surface area contributed by atoms with Gasteiger partial charge in [0.2, 0.25) is 23.8 Å². The first kappa shape index (κ1) is 28.1. The van der Waals surface area contributed by atoms with Gasteiger partial charge in [-0.25, -0.2) is 0 Å². The summed E-state index contributed by atoms with van der Waals surface area (Å²) in [7, 11) is 0. The van der Waals surface area contributed by atoms with Crippen LogP contribution in [0.5, 0.6) is 23.0 Å². The molecule has 0 saturated carbocycles. The molecule has 216 valence electrons. The zero-order chi connectivity index (χ0) is 28.9. The molecule has 5 rings (SSSR count). The molecule has 2 aliphatic rings. The maximum atomic E-state index is 13.6. The number of phenols is 2. The molecule has 1 aromatic heterocycles. The Balaban J connectivity index is 1.58. The van der Waals surface area contributed by atoms with Crippen LogP contribution in [0, 0.1) is 0 Å². The lowest BCUT2D eigenvalue weighted by molar-refractivity contribution is -0.268. The van der Waals surface area contributed by atoms with Gasteiger partial charge < -0.3 is 64.2 Å². The Morgan fingerprint density at radius 1 is 0.825 bits per heavy atom. The minimum absolute atomic E-state index is 0.0848. The number of phenolic OH excluding ortho intramolecular Hbond substituents is 2. The summed E-state index contributed by atoms with van der Waals surface area (Å²) in [6.45, 7) is 1.06. The highest BCUT2D eigenvalue weighted by Gasteiger charge is 2.43. The summed E-state index contributed by atoms with van der Waals surface area (Å²) in [6.07, 6.45) is -13.3. The van der Waals surface area contributed by atoms with E-state index >= 15 is 0 Å². The van der Waals surface area contributed by atoms with E-state index in [1.165, 1.54) is 37.3 Å². The predicted octanol–water partition coefficient (Wildman–Crippen LogP) is -1.10. The van der Waals surface area contributed by atoms with E-state index < -0.39 is 78.8 Å². The van der Waals surface area contributed by atoms with E-state index in [4.69, 9.17) is 23.4 Å². The number of benzene rings is 2. The second-order valence-corrected chi connectivity index (χ2v) is 9.62. The highest BCUT2D eigenvalue weighted by atomic mass is 16.7. The third kappa shape index (κ3) is 5.07. The Labute approximate surface area is 225 Å². The van der Waals surface area contributed by atoms with Gasteiger partial charge in [0.1, 0.15) is 64.8 Å². The van der Waals surface area contributed by atoms with Gasteiger partial charge in [-0.15, -0.1) is 0 Å². The minimum atomic E-state index is -1.74. The van der Waals surface area contributed by atoms with Gasteiger partial charge in [0.15, 0.2) is 5.76 Å². The molecule has 0 amide bonds. The van der Waals surface area contributed by atoms with E-state index in [-0.39, 0.29) is 33.8 Å². The smallest absolute Gasteiger partial charge is 0.239 e. The molecule has 2 saturated heterocycles. The lowest BCUT2D eigenvalue weighted by atomic mass is 10.00. The lowest BCUT2D eigenvalue weighted by Crippen LogP contribution is -2.58. The van der Waals surface area contributed by atoms with Gasteiger partial charge in [-0.2, -0.15) is 0 Å². The summed E-state index contributed by atoms with van der Waals surface area (Å²) < 4.78 is 27.9. The first-order chi connectivity index (χ1) is 19.0. The SMILES string of the molecule is C[C@@H]1O[C@@H](Oc2cc(O)c3c(=O)c(O[C@@H]4OC[C@@H](O)[C@@H](O)[C@@H]4O)c(-c4ccc(O)cc4)oc3c2)[C@H](O)[C@H](O)[C@H]1O. The maximum absolute atomic E-state index is 13.6. The molecule has 0 spiro atoms. The van der Waals surface area contributed by atoms with Crippen LogP contribution in [0.2, 0.25) is 0 Å². The highest BCUT2D eigenvalue weighted by Crippen LogP contribution is 2.38. The van der Waals surface area contributed by atoms with Gasteiger partial charge in [0, 0.05) is 17.7 Å². The van der Waals surface area contributed by atoms with Gasteiger partial charge in [-0.3, -0.25) is 4.79 Å². The number of hydrogen-bond acceptors (Lipinski definition) is 14. The van der Waals surface area contributed by atoms with Crippen LogP contribution in [-0.2, 0) is 9.47 Å². The normalized spacial score (nSPS) is 32.6. The number of rotatable bonds is 5. The van der Waals surface area contributed by atoms with E-state index in [0.717, 1.165) is 6.07 Å². The monoisotopic (exact) mass is 564 g/mol. The Morgan fingerprint density at radius 2 is 1.50 bits per heavy atom. The molecule has 9 atom stereocenters. The number of fused-ring (bicyclic) bond motifs is 1. The number of hydrogen-bond donors (Lipinski definition) is 8. The molecular formula is C26H28O14. The van der Waals surface area contributed by atoms with Gasteiger partial charge in [0.25, 0.3) is 0 Å². The summed E-state index contributed by atoms with van der Waals surface area (Å²) in [5.41, 5.74) is -0.860. The van der Waals surface area contributed by atoms with Crippen molar-refractivity contribution in [1.82, 2.24) is 0 Å². The van der Waals surface area contributed by atoms with Gasteiger partial charge in [-0.1, -0.05) is 0 Å². The molecule has 0 bridgehead atoms. The van der Waals surface area contributed by atoms with Crippen molar-refractivity contribution in [3.63, 3.8) is 0 Å². The summed E-state index contributed by atoms with van der Waals surface area (Å²) in [6, 6.07) is 7.69. The number of aliphatic hydroxyl groups excluding tert-OH is 6. The van der Waals surface area contributed by atoms with Crippen molar-refractivity contribution < 1.29 is 64.2 Å². The Kier molecular flexibility index (Phi) is 7.60. The number of aliphatic hydroxyl groups is 6. The fourth-order valence-electron chi connectivity index (χ4n) is 4.48. The third-order valence-electron chi connectivity index (χ3n) is 6.78. The molecule has 0 radical (unpaired) electrons. The van der Waals surface area contributed by atoms with Crippen molar-refractivity contribution in [2.45, 2.75) is 62.2 Å². The molecule has 40 heavy (non-hydrogen) atoms. The van der Waals surface area contributed by atoms with E-state index in [1.807, 2.05) is 0 Å². The topological polar surface area (TPSA) is 229 Å². The van der Waals surface area contributed by atoms with Gasteiger partial charge in [0.05, 0.1) is 12.7 Å². The Morgan fingerprint density at radius 3 is 2.20 bits per heavy atom.